The molecule has 106 valence electrons. The summed E-state index contributed by atoms with van der Waals surface area (Å²) in [4.78, 5) is 0.152. The van der Waals surface area contributed by atoms with Gasteiger partial charge in [-0.15, -0.1) is 0 Å². The van der Waals surface area contributed by atoms with Crippen LogP contribution in [0.25, 0.3) is 0 Å². The zero-order chi connectivity index (χ0) is 13.9. The highest BCUT2D eigenvalue weighted by Gasteiger charge is 2.24. The highest BCUT2D eigenvalue weighted by molar-refractivity contribution is 7.89. The minimum Gasteiger partial charge on any atom is -0.398 e. The predicted molar refractivity (Wildman–Crippen MR) is 74.2 cm³/mol. The summed E-state index contributed by atoms with van der Waals surface area (Å²) in [5.74, 6) is 0.687. The standard InChI is InChI=1S/C13H20N2O3S/c1-15(8-9-18-10-11-6-7-11)19(16,17)13-5-3-2-4-12(13)14/h2-5,11H,6-10,14H2,1H3. The lowest BCUT2D eigenvalue weighted by atomic mass is 10.3. The molecule has 0 aromatic heterocycles. The predicted octanol–water partition coefficient (Wildman–Crippen LogP) is 1.32. The number of nitrogens with zero attached hydrogens (tertiary/aromatic N) is 1. The van der Waals surface area contributed by atoms with Crippen LogP contribution in [-0.4, -0.2) is 39.5 Å². The molecule has 0 unspecified atom stereocenters. The van der Waals surface area contributed by atoms with Gasteiger partial charge >= 0.3 is 0 Å². The summed E-state index contributed by atoms with van der Waals surface area (Å²) in [5.41, 5.74) is 5.98. The van der Waals surface area contributed by atoms with Gasteiger partial charge in [0.05, 0.1) is 12.3 Å². The number of benzene rings is 1. The molecule has 0 bridgehead atoms. The molecule has 0 radical (unpaired) electrons. The van der Waals surface area contributed by atoms with Gasteiger partial charge < -0.3 is 10.5 Å². The quantitative estimate of drug-likeness (QED) is 0.605. The fourth-order valence-electron chi connectivity index (χ4n) is 1.73. The van der Waals surface area contributed by atoms with Crippen molar-refractivity contribution in [1.82, 2.24) is 4.31 Å². The average molecular weight is 284 g/mol. The van der Waals surface area contributed by atoms with E-state index < -0.39 is 10.0 Å². The smallest absolute Gasteiger partial charge is 0.244 e. The maximum absolute atomic E-state index is 12.3. The molecule has 1 aromatic rings. The van der Waals surface area contributed by atoms with Crippen molar-refractivity contribution >= 4 is 15.7 Å². The SMILES string of the molecule is CN(CCOCC1CC1)S(=O)(=O)c1ccccc1N. The van der Waals surface area contributed by atoms with Crippen molar-refractivity contribution in [2.75, 3.05) is 32.5 Å². The van der Waals surface area contributed by atoms with E-state index in [1.54, 1.807) is 25.2 Å². The van der Waals surface area contributed by atoms with E-state index in [1.165, 1.54) is 23.2 Å². The van der Waals surface area contributed by atoms with E-state index in [4.69, 9.17) is 10.5 Å². The van der Waals surface area contributed by atoms with Crippen molar-refractivity contribution in [2.24, 2.45) is 5.92 Å². The average Bonchev–Trinajstić information content (AvgIpc) is 3.18. The van der Waals surface area contributed by atoms with Gasteiger partial charge in [0.2, 0.25) is 10.0 Å². The molecule has 1 aliphatic carbocycles. The summed E-state index contributed by atoms with van der Waals surface area (Å²) < 4.78 is 31.3. The lowest BCUT2D eigenvalue weighted by Crippen LogP contribution is -2.31. The van der Waals surface area contributed by atoms with Crippen LogP contribution in [0.2, 0.25) is 0 Å². The minimum atomic E-state index is -3.53. The fourth-order valence-corrected chi connectivity index (χ4v) is 3.00. The molecule has 0 heterocycles. The van der Waals surface area contributed by atoms with Crippen LogP contribution < -0.4 is 5.73 Å². The Morgan fingerprint density at radius 1 is 1.37 bits per heavy atom. The third-order valence-corrected chi connectivity index (χ3v) is 5.14. The Hall–Kier alpha value is -1.11. The van der Waals surface area contributed by atoms with Gasteiger partial charge in [0, 0.05) is 20.2 Å². The van der Waals surface area contributed by atoms with E-state index >= 15 is 0 Å². The molecule has 2 N–H and O–H groups in total. The number of ether oxygens (including phenoxy) is 1. The van der Waals surface area contributed by atoms with Gasteiger partial charge in [-0.2, -0.15) is 4.31 Å². The number of rotatable bonds is 7. The van der Waals surface area contributed by atoms with Crippen LogP contribution in [0.4, 0.5) is 5.69 Å². The van der Waals surface area contributed by atoms with Crippen LogP contribution in [-0.2, 0) is 14.8 Å². The largest absolute Gasteiger partial charge is 0.398 e. The first-order valence-corrected chi connectivity index (χ1v) is 7.84. The van der Waals surface area contributed by atoms with E-state index in [0.717, 1.165) is 6.61 Å². The molecule has 1 fully saturated rings. The summed E-state index contributed by atoms with van der Waals surface area (Å²) in [6.45, 7) is 1.49. The number of hydrogen-bond acceptors (Lipinski definition) is 4. The second-order valence-corrected chi connectivity index (χ2v) is 6.90. The number of anilines is 1. The molecule has 0 saturated heterocycles. The Balaban J connectivity index is 1.92. The Kier molecular flexibility index (Phi) is 4.44. The highest BCUT2D eigenvalue weighted by atomic mass is 32.2. The molecular formula is C13H20N2O3S. The molecule has 1 aliphatic rings. The van der Waals surface area contributed by atoms with Crippen LogP contribution in [0.5, 0.6) is 0 Å². The van der Waals surface area contributed by atoms with E-state index in [1.807, 2.05) is 0 Å². The fraction of sp³-hybridized carbons (Fsp3) is 0.538. The van der Waals surface area contributed by atoms with Crippen LogP contribution in [0.3, 0.4) is 0 Å². The first-order chi connectivity index (χ1) is 9.01. The zero-order valence-corrected chi connectivity index (χ0v) is 11.9. The van der Waals surface area contributed by atoms with Gasteiger partial charge in [-0.1, -0.05) is 12.1 Å². The monoisotopic (exact) mass is 284 g/mol. The molecular weight excluding hydrogens is 264 g/mol. The van der Waals surface area contributed by atoms with Gasteiger partial charge in [-0.3, -0.25) is 0 Å². The Morgan fingerprint density at radius 3 is 2.68 bits per heavy atom. The summed E-state index contributed by atoms with van der Waals surface area (Å²) in [6, 6.07) is 6.49. The second kappa shape index (κ2) is 5.90. The molecule has 5 nitrogen and oxygen atoms in total. The Labute approximate surface area is 114 Å². The van der Waals surface area contributed by atoms with Crippen molar-refractivity contribution < 1.29 is 13.2 Å². The lowest BCUT2D eigenvalue weighted by Gasteiger charge is -2.18. The lowest BCUT2D eigenvalue weighted by molar-refractivity contribution is 0.117. The number of hydrogen-bond donors (Lipinski definition) is 1. The molecule has 0 aliphatic heterocycles. The molecule has 0 spiro atoms. The van der Waals surface area contributed by atoms with Gasteiger partial charge in [0.15, 0.2) is 0 Å². The summed E-state index contributed by atoms with van der Waals surface area (Å²) in [6.07, 6.45) is 2.46. The zero-order valence-electron chi connectivity index (χ0n) is 11.1. The Morgan fingerprint density at radius 2 is 2.05 bits per heavy atom. The van der Waals surface area contributed by atoms with Gasteiger partial charge in [-0.05, 0) is 30.9 Å². The first-order valence-electron chi connectivity index (χ1n) is 6.40. The Bertz CT molecular complexity index is 526. The molecule has 0 atom stereocenters. The third kappa shape index (κ3) is 3.68. The molecule has 0 amide bonds. The van der Waals surface area contributed by atoms with Crippen molar-refractivity contribution in [1.29, 1.82) is 0 Å². The summed E-state index contributed by atoms with van der Waals surface area (Å²) in [5, 5.41) is 0. The normalized spacial score (nSPS) is 15.9. The van der Waals surface area contributed by atoms with Crippen LogP contribution in [0, 0.1) is 5.92 Å². The third-order valence-electron chi connectivity index (χ3n) is 3.21. The van der Waals surface area contributed by atoms with Gasteiger partial charge in [-0.25, -0.2) is 8.42 Å². The van der Waals surface area contributed by atoms with Crippen molar-refractivity contribution in [3.63, 3.8) is 0 Å². The van der Waals surface area contributed by atoms with Crippen LogP contribution in [0.1, 0.15) is 12.8 Å². The van der Waals surface area contributed by atoms with E-state index in [0.29, 0.717) is 19.1 Å². The summed E-state index contributed by atoms with van der Waals surface area (Å²) in [7, 11) is -1.98. The first kappa shape index (κ1) is 14.3. The minimum absolute atomic E-state index is 0.152. The van der Waals surface area contributed by atoms with E-state index in [-0.39, 0.29) is 10.6 Å². The van der Waals surface area contributed by atoms with Crippen molar-refractivity contribution in [3.8, 4) is 0 Å². The second-order valence-electron chi connectivity index (χ2n) is 4.88. The van der Waals surface area contributed by atoms with Crippen molar-refractivity contribution in [3.05, 3.63) is 24.3 Å². The molecule has 6 heteroatoms. The molecule has 1 aromatic carbocycles. The number of nitrogens with two attached hydrogens (primary N) is 1. The maximum atomic E-state index is 12.3. The van der Waals surface area contributed by atoms with E-state index in [9.17, 15) is 8.42 Å². The maximum Gasteiger partial charge on any atom is 0.244 e. The van der Waals surface area contributed by atoms with Crippen molar-refractivity contribution in [2.45, 2.75) is 17.7 Å². The number of likely N-dealkylation sites (N-methyl/N-ethyl adjacent to an activating group) is 1. The topological polar surface area (TPSA) is 72.6 Å². The van der Waals surface area contributed by atoms with Crippen LogP contribution in [0.15, 0.2) is 29.2 Å². The van der Waals surface area contributed by atoms with Gasteiger partial charge in [0.25, 0.3) is 0 Å². The number of para-hydroxylation sites is 1. The van der Waals surface area contributed by atoms with Gasteiger partial charge in [0.1, 0.15) is 4.90 Å². The summed E-state index contributed by atoms with van der Waals surface area (Å²) >= 11 is 0. The number of nitrogen functional groups attached to an aromatic ring is 1. The highest BCUT2D eigenvalue weighted by Crippen LogP contribution is 2.28. The van der Waals surface area contributed by atoms with E-state index in [2.05, 4.69) is 0 Å². The molecule has 2 rings (SSSR count). The molecule has 19 heavy (non-hydrogen) atoms. The van der Waals surface area contributed by atoms with Crippen LogP contribution >= 0.6 is 0 Å². The number of sulfonamides is 1. The molecule has 1 saturated carbocycles.